The maximum Gasteiger partial charge on any atom is 0.153 e. The van der Waals surface area contributed by atoms with E-state index in [4.69, 9.17) is 4.42 Å². The van der Waals surface area contributed by atoms with Crippen LogP contribution >= 0.6 is 0 Å². The second kappa shape index (κ2) is 4.24. The first-order valence-corrected chi connectivity index (χ1v) is 6.23. The fraction of sp³-hybridized carbons (Fsp3) is 0.267. The Hall–Kier alpha value is -2.07. The van der Waals surface area contributed by atoms with Crippen LogP contribution in [0.4, 0.5) is 0 Å². The van der Waals surface area contributed by atoms with Crippen molar-refractivity contribution < 1.29 is 9.52 Å². The molecule has 0 aliphatic carbocycles. The van der Waals surface area contributed by atoms with Crippen molar-refractivity contribution in [2.24, 2.45) is 7.05 Å². The lowest BCUT2D eigenvalue weighted by atomic mass is 10.1. The van der Waals surface area contributed by atoms with Gasteiger partial charge in [0.2, 0.25) is 0 Å². The first-order chi connectivity index (χ1) is 9.04. The van der Waals surface area contributed by atoms with E-state index in [0.29, 0.717) is 5.76 Å². The normalized spacial score (nSPS) is 13.1. The van der Waals surface area contributed by atoms with Crippen LogP contribution in [0.25, 0.3) is 11.0 Å². The molecule has 4 heteroatoms. The van der Waals surface area contributed by atoms with Crippen molar-refractivity contribution in [3.8, 4) is 0 Å². The molecule has 1 aromatic carbocycles. The molecular formula is C15H16N2O2. The predicted molar refractivity (Wildman–Crippen MR) is 73.0 cm³/mol. The Labute approximate surface area is 111 Å². The number of benzene rings is 1. The van der Waals surface area contributed by atoms with Crippen LogP contribution in [-0.4, -0.2) is 14.9 Å². The highest BCUT2D eigenvalue weighted by Crippen LogP contribution is 2.28. The summed E-state index contributed by atoms with van der Waals surface area (Å²) in [6.45, 7) is 3.94. The van der Waals surface area contributed by atoms with Gasteiger partial charge in [0.1, 0.15) is 11.3 Å². The topological polar surface area (TPSA) is 51.2 Å². The molecule has 1 unspecified atom stereocenters. The van der Waals surface area contributed by atoms with Crippen molar-refractivity contribution in [2.75, 3.05) is 0 Å². The number of rotatable bonds is 2. The average Bonchev–Trinajstić information content (AvgIpc) is 2.91. The van der Waals surface area contributed by atoms with E-state index in [1.54, 1.807) is 4.68 Å². The fourth-order valence-electron chi connectivity index (χ4n) is 2.35. The van der Waals surface area contributed by atoms with E-state index >= 15 is 0 Å². The summed E-state index contributed by atoms with van der Waals surface area (Å²) in [6, 6.07) is 9.72. The van der Waals surface area contributed by atoms with Crippen LogP contribution in [0.1, 0.15) is 28.8 Å². The largest absolute Gasteiger partial charge is 0.458 e. The smallest absolute Gasteiger partial charge is 0.153 e. The van der Waals surface area contributed by atoms with E-state index in [1.807, 2.05) is 51.2 Å². The molecule has 3 rings (SSSR count). The number of aryl methyl sites for hydroxylation is 3. The van der Waals surface area contributed by atoms with Gasteiger partial charge in [-0.05, 0) is 38.1 Å². The van der Waals surface area contributed by atoms with Crippen LogP contribution in [-0.2, 0) is 7.05 Å². The molecule has 2 heterocycles. The van der Waals surface area contributed by atoms with Crippen LogP contribution in [0.2, 0.25) is 0 Å². The molecular weight excluding hydrogens is 240 g/mol. The molecule has 1 atom stereocenters. The summed E-state index contributed by atoms with van der Waals surface area (Å²) in [5.74, 6) is 0.545. The van der Waals surface area contributed by atoms with Crippen LogP contribution in [0.15, 0.2) is 34.7 Å². The highest BCUT2D eigenvalue weighted by molar-refractivity contribution is 5.78. The van der Waals surface area contributed by atoms with E-state index in [-0.39, 0.29) is 0 Å². The summed E-state index contributed by atoms with van der Waals surface area (Å²) in [5, 5.41) is 15.6. The molecule has 19 heavy (non-hydrogen) atoms. The first kappa shape index (κ1) is 12.0. The summed E-state index contributed by atoms with van der Waals surface area (Å²) in [7, 11) is 1.82. The molecule has 98 valence electrons. The second-order valence-corrected chi connectivity index (χ2v) is 4.93. The number of hydrogen-bond acceptors (Lipinski definition) is 3. The Kier molecular flexibility index (Phi) is 2.68. The summed E-state index contributed by atoms with van der Waals surface area (Å²) in [6.07, 6.45) is -0.793. The molecule has 0 fully saturated rings. The van der Waals surface area contributed by atoms with E-state index in [0.717, 1.165) is 22.4 Å². The Morgan fingerprint density at radius 2 is 2.00 bits per heavy atom. The van der Waals surface area contributed by atoms with Crippen LogP contribution in [0.5, 0.6) is 0 Å². The summed E-state index contributed by atoms with van der Waals surface area (Å²) < 4.78 is 7.39. The van der Waals surface area contributed by atoms with Crippen molar-refractivity contribution in [1.82, 2.24) is 9.78 Å². The Bertz CT molecular complexity index is 740. The van der Waals surface area contributed by atoms with Crippen molar-refractivity contribution in [3.05, 3.63) is 53.0 Å². The number of fused-ring (bicyclic) bond motifs is 1. The summed E-state index contributed by atoms with van der Waals surface area (Å²) in [5.41, 5.74) is 3.57. The van der Waals surface area contributed by atoms with Gasteiger partial charge >= 0.3 is 0 Å². The van der Waals surface area contributed by atoms with Gasteiger partial charge < -0.3 is 9.52 Å². The number of furan rings is 1. The van der Waals surface area contributed by atoms with Gasteiger partial charge in [0.15, 0.2) is 6.10 Å². The van der Waals surface area contributed by atoms with Gasteiger partial charge in [-0.25, -0.2) is 0 Å². The minimum absolute atomic E-state index is 0.545. The maximum atomic E-state index is 10.4. The van der Waals surface area contributed by atoms with Crippen LogP contribution in [0.3, 0.4) is 0 Å². The number of aliphatic hydroxyl groups excluding tert-OH is 1. The zero-order chi connectivity index (χ0) is 13.6. The molecule has 0 radical (unpaired) electrons. The zero-order valence-electron chi connectivity index (χ0n) is 11.2. The molecule has 0 aliphatic rings. The Morgan fingerprint density at radius 1 is 1.21 bits per heavy atom. The number of hydrogen-bond donors (Lipinski definition) is 1. The Morgan fingerprint density at radius 3 is 2.68 bits per heavy atom. The van der Waals surface area contributed by atoms with Crippen LogP contribution in [0, 0.1) is 13.8 Å². The van der Waals surface area contributed by atoms with E-state index < -0.39 is 6.10 Å². The molecule has 0 amide bonds. The SMILES string of the molecule is Cc1ccc2oc(C(O)c3cc(C)nn3C)cc2c1. The number of nitrogens with zero attached hydrogens (tertiary/aromatic N) is 2. The molecule has 0 aliphatic heterocycles. The molecule has 4 nitrogen and oxygen atoms in total. The lowest BCUT2D eigenvalue weighted by Gasteiger charge is -2.07. The van der Waals surface area contributed by atoms with Crippen molar-refractivity contribution in [3.63, 3.8) is 0 Å². The second-order valence-electron chi connectivity index (χ2n) is 4.93. The Balaban J connectivity index is 2.06. The lowest BCUT2D eigenvalue weighted by molar-refractivity contribution is 0.183. The molecule has 1 N–H and O–H groups in total. The van der Waals surface area contributed by atoms with Gasteiger partial charge in [-0.2, -0.15) is 5.10 Å². The fourth-order valence-corrected chi connectivity index (χ4v) is 2.35. The third kappa shape index (κ3) is 2.04. The molecule has 2 aromatic heterocycles. The van der Waals surface area contributed by atoms with E-state index in [9.17, 15) is 5.11 Å². The van der Waals surface area contributed by atoms with Gasteiger partial charge in [0, 0.05) is 12.4 Å². The van der Waals surface area contributed by atoms with Crippen molar-refractivity contribution in [1.29, 1.82) is 0 Å². The lowest BCUT2D eigenvalue weighted by Crippen LogP contribution is -2.05. The van der Waals surface area contributed by atoms with Crippen LogP contribution < -0.4 is 0 Å². The molecule has 0 spiro atoms. The average molecular weight is 256 g/mol. The first-order valence-electron chi connectivity index (χ1n) is 6.23. The van der Waals surface area contributed by atoms with Gasteiger partial charge in [-0.3, -0.25) is 4.68 Å². The van der Waals surface area contributed by atoms with E-state index in [1.165, 1.54) is 5.56 Å². The zero-order valence-corrected chi connectivity index (χ0v) is 11.2. The summed E-state index contributed by atoms with van der Waals surface area (Å²) in [4.78, 5) is 0. The highest BCUT2D eigenvalue weighted by atomic mass is 16.4. The third-order valence-electron chi connectivity index (χ3n) is 3.28. The minimum Gasteiger partial charge on any atom is -0.458 e. The van der Waals surface area contributed by atoms with Gasteiger partial charge in [0.25, 0.3) is 0 Å². The van der Waals surface area contributed by atoms with E-state index in [2.05, 4.69) is 5.10 Å². The van der Waals surface area contributed by atoms with Gasteiger partial charge in [0.05, 0.1) is 11.4 Å². The maximum absolute atomic E-state index is 10.4. The monoisotopic (exact) mass is 256 g/mol. The predicted octanol–water partition coefficient (Wildman–Crippen LogP) is 2.86. The molecule has 0 saturated carbocycles. The van der Waals surface area contributed by atoms with Crippen molar-refractivity contribution >= 4 is 11.0 Å². The standard InChI is InChI=1S/C15H16N2O2/c1-9-4-5-13-11(6-9)8-14(19-13)15(18)12-7-10(2)16-17(12)3/h4-8,15,18H,1-3H3. The summed E-state index contributed by atoms with van der Waals surface area (Å²) >= 11 is 0. The van der Waals surface area contributed by atoms with Gasteiger partial charge in [-0.15, -0.1) is 0 Å². The third-order valence-corrected chi connectivity index (χ3v) is 3.28. The molecule has 0 bridgehead atoms. The number of aliphatic hydroxyl groups is 1. The van der Waals surface area contributed by atoms with Gasteiger partial charge in [-0.1, -0.05) is 11.6 Å². The van der Waals surface area contributed by atoms with Crippen molar-refractivity contribution in [2.45, 2.75) is 20.0 Å². The minimum atomic E-state index is -0.793. The quantitative estimate of drug-likeness (QED) is 0.767. The molecule has 3 aromatic rings. The highest BCUT2D eigenvalue weighted by Gasteiger charge is 2.19. The number of aromatic nitrogens is 2. The molecule has 0 saturated heterocycles.